The van der Waals surface area contributed by atoms with E-state index in [4.69, 9.17) is 19.9 Å². The maximum Gasteiger partial charge on any atom is 0.224 e. The molecule has 0 bridgehead atoms. The predicted octanol–water partition coefficient (Wildman–Crippen LogP) is 2.04. The molecule has 148 valence electrons. The van der Waals surface area contributed by atoms with Crippen LogP contribution in [0.15, 0.2) is 18.3 Å². The van der Waals surface area contributed by atoms with Crippen molar-refractivity contribution >= 4 is 11.8 Å². The van der Waals surface area contributed by atoms with Gasteiger partial charge in [0.2, 0.25) is 11.7 Å². The topological polar surface area (TPSA) is 94.8 Å². The average Bonchev–Trinajstić information content (AvgIpc) is 2.66. The van der Waals surface area contributed by atoms with Gasteiger partial charge < -0.3 is 30.2 Å². The molecule has 2 aromatic rings. The molecule has 1 heterocycles. The lowest BCUT2D eigenvalue weighted by atomic mass is 10.1. The van der Waals surface area contributed by atoms with Gasteiger partial charge >= 0.3 is 0 Å². The molecule has 0 fully saturated rings. The lowest BCUT2D eigenvalue weighted by Crippen LogP contribution is -2.17. The van der Waals surface area contributed by atoms with Gasteiger partial charge in [0.15, 0.2) is 11.5 Å². The second kappa shape index (κ2) is 9.82. The lowest BCUT2D eigenvalue weighted by molar-refractivity contribution is 0.324. The largest absolute Gasteiger partial charge is 0.493 e. The number of aromatic nitrogens is 2. The van der Waals surface area contributed by atoms with Gasteiger partial charge in [0, 0.05) is 24.7 Å². The Labute approximate surface area is 160 Å². The van der Waals surface area contributed by atoms with E-state index in [2.05, 4.69) is 20.2 Å². The second-order valence-electron chi connectivity index (χ2n) is 6.40. The lowest BCUT2D eigenvalue weighted by Gasteiger charge is -2.15. The van der Waals surface area contributed by atoms with Crippen molar-refractivity contribution in [2.24, 2.45) is 0 Å². The number of anilines is 2. The fourth-order valence-corrected chi connectivity index (χ4v) is 2.69. The van der Waals surface area contributed by atoms with Crippen molar-refractivity contribution in [2.45, 2.75) is 12.8 Å². The van der Waals surface area contributed by atoms with Gasteiger partial charge in [-0.1, -0.05) is 0 Å². The minimum Gasteiger partial charge on any atom is -0.493 e. The van der Waals surface area contributed by atoms with Gasteiger partial charge in [0.05, 0.1) is 21.3 Å². The van der Waals surface area contributed by atoms with E-state index in [1.807, 2.05) is 26.2 Å². The first-order chi connectivity index (χ1) is 13.0. The van der Waals surface area contributed by atoms with Crippen LogP contribution in [-0.2, 0) is 6.42 Å². The smallest absolute Gasteiger partial charge is 0.224 e. The third kappa shape index (κ3) is 5.62. The number of nitrogen functional groups attached to an aromatic ring is 1. The maximum absolute atomic E-state index is 6.13. The average molecular weight is 375 g/mol. The van der Waals surface area contributed by atoms with E-state index in [-0.39, 0.29) is 0 Å². The minimum atomic E-state index is 0.453. The molecule has 0 aliphatic carbocycles. The summed E-state index contributed by atoms with van der Waals surface area (Å²) in [6.07, 6.45) is 3.31. The van der Waals surface area contributed by atoms with E-state index in [1.54, 1.807) is 27.5 Å². The number of benzene rings is 1. The molecular formula is C19H29N5O3. The Bertz CT molecular complexity index is 727. The van der Waals surface area contributed by atoms with E-state index in [0.29, 0.717) is 35.4 Å². The molecule has 0 radical (unpaired) electrons. The van der Waals surface area contributed by atoms with Crippen LogP contribution in [0.1, 0.15) is 17.5 Å². The number of nitrogens with two attached hydrogens (primary N) is 1. The van der Waals surface area contributed by atoms with Gasteiger partial charge in [-0.05, 0) is 44.8 Å². The third-order valence-corrected chi connectivity index (χ3v) is 4.08. The van der Waals surface area contributed by atoms with Crippen LogP contribution in [0, 0.1) is 0 Å². The molecule has 8 nitrogen and oxygen atoms in total. The summed E-state index contributed by atoms with van der Waals surface area (Å²) >= 11 is 0. The standard InChI is InChI=1S/C19H29N5O3/c1-24(2)8-6-7-21-19-22-12-14(18(20)23-19)9-13-10-15(25-3)17(27-5)16(11-13)26-4/h10-12H,6-9H2,1-5H3,(H3,20,21,22,23). The fraction of sp³-hybridized carbons (Fsp3) is 0.474. The first kappa shape index (κ1) is 20.6. The van der Waals surface area contributed by atoms with Crippen molar-refractivity contribution in [1.29, 1.82) is 0 Å². The Morgan fingerprint density at radius 2 is 1.74 bits per heavy atom. The Morgan fingerprint density at radius 3 is 2.26 bits per heavy atom. The van der Waals surface area contributed by atoms with E-state index >= 15 is 0 Å². The van der Waals surface area contributed by atoms with Crippen LogP contribution in [0.2, 0.25) is 0 Å². The van der Waals surface area contributed by atoms with Gasteiger partial charge in [0.25, 0.3) is 0 Å². The van der Waals surface area contributed by atoms with Crippen LogP contribution in [0.25, 0.3) is 0 Å². The highest BCUT2D eigenvalue weighted by Gasteiger charge is 2.14. The molecule has 0 saturated carbocycles. The quantitative estimate of drug-likeness (QED) is 0.609. The molecule has 0 aliphatic heterocycles. The Morgan fingerprint density at radius 1 is 1.07 bits per heavy atom. The molecule has 3 N–H and O–H groups in total. The maximum atomic E-state index is 6.13. The molecule has 27 heavy (non-hydrogen) atoms. The van der Waals surface area contributed by atoms with E-state index in [9.17, 15) is 0 Å². The molecule has 0 atom stereocenters. The van der Waals surface area contributed by atoms with Gasteiger partial charge in [-0.25, -0.2) is 4.98 Å². The van der Waals surface area contributed by atoms with Crippen molar-refractivity contribution < 1.29 is 14.2 Å². The van der Waals surface area contributed by atoms with Crippen molar-refractivity contribution in [1.82, 2.24) is 14.9 Å². The summed E-state index contributed by atoms with van der Waals surface area (Å²) in [5, 5.41) is 3.20. The number of nitrogens with one attached hydrogen (secondary N) is 1. The summed E-state index contributed by atoms with van der Waals surface area (Å²) in [6.45, 7) is 1.80. The molecular weight excluding hydrogens is 346 g/mol. The molecule has 0 saturated heterocycles. The van der Waals surface area contributed by atoms with Crippen LogP contribution in [0.5, 0.6) is 17.2 Å². The Kier molecular flexibility index (Phi) is 7.48. The highest BCUT2D eigenvalue weighted by atomic mass is 16.5. The summed E-state index contributed by atoms with van der Waals surface area (Å²) < 4.78 is 16.1. The third-order valence-electron chi connectivity index (χ3n) is 4.08. The number of ether oxygens (including phenoxy) is 3. The molecule has 1 aromatic heterocycles. The molecule has 0 spiro atoms. The highest BCUT2D eigenvalue weighted by molar-refractivity contribution is 5.55. The SMILES string of the molecule is COc1cc(Cc2cnc(NCCCN(C)C)nc2N)cc(OC)c1OC. The van der Waals surface area contributed by atoms with Crippen LogP contribution in [-0.4, -0.2) is 63.4 Å². The summed E-state index contributed by atoms with van der Waals surface area (Å²) in [4.78, 5) is 10.9. The number of nitrogens with zero attached hydrogens (tertiary/aromatic N) is 3. The predicted molar refractivity (Wildman–Crippen MR) is 107 cm³/mol. The van der Waals surface area contributed by atoms with Crippen LogP contribution in [0.3, 0.4) is 0 Å². The molecule has 8 heteroatoms. The first-order valence-corrected chi connectivity index (χ1v) is 8.77. The first-order valence-electron chi connectivity index (χ1n) is 8.77. The summed E-state index contributed by atoms with van der Waals surface area (Å²) in [7, 11) is 8.86. The van der Waals surface area contributed by atoms with Gasteiger partial charge in [0.1, 0.15) is 5.82 Å². The highest BCUT2D eigenvalue weighted by Crippen LogP contribution is 2.38. The summed E-state index contributed by atoms with van der Waals surface area (Å²) in [5.74, 6) is 2.76. The number of methoxy groups -OCH3 is 3. The molecule has 0 unspecified atom stereocenters. The molecule has 2 rings (SSSR count). The minimum absolute atomic E-state index is 0.453. The monoisotopic (exact) mass is 375 g/mol. The van der Waals surface area contributed by atoms with Crippen molar-refractivity contribution in [2.75, 3.05) is 59.6 Å². The van der Waals surface area contributed by atoms with Crippen molar-refractivity contribution in [3.05, 3.63) is 29.5 Å². The number of rotatable bonds is 10. The number of hydrogen-bond donors (Lipinski definition) is 2. The van der Waals surface area contributed by atoms with Crippen LogP contribution >= 0.6 is 0 Å². The molecule has 0 aliphatic rings. The van der Waals surface area contributed by atoms with Gasteiger partial charge in [-0.2, -0.15) is 4.98 Å². The Hall–Kier alpha value is -2.74. The van der Waals surface area contributed by atoms with E-state index < -0.39 is 0 Å². The summed E-state index contributed by atoms with van der Waals surface area (Å²) in [5.41, 5.74) is 7.93. The molecule has 1 aromatic carbocycles. The van der Waals surface area contributed by atoms with Crippen molar-refractivity contribution in [3.8, 4) is 17.2 Å². The van der Waals surface area contributed by atoms with Gasteiger partial charge in [-0.15, -0.1) is 0 Å². The van der Waals surface area contributed by atoms with Crippen molar-refractivity contribution in [3.63, 3.8) is 0 Å². The zero-order chi connectivity index (χ0) is 19.8. The summed E-state index contributed by atoms with van der Waals surface area (Å²) in [6, 6.07) is 3.79. The second-order valence-corrected chi connectivity index (χ2v) is 6.40. The molecule has 0 amide bonds. The van der Waals surface area contributed by atoms with Crippen LogP contribution < -0.4 is 25.3 Å². The van der Waals surface area contributed by atoms with E-state index in [0.717, 1.165) is 30.6 Å². The fourth-order valence-electron chi connectivity index (χ4n) is 2.69. The zero-order valence-corrected chi connectivity index (χ0v) is 16.7. The normalized spacial score (nSPS) is 10.7. The van der Waals surface area contributed by atoms with Gasteiger partial charge in [-0.3, -0.25) is 0 Å². The zero-order valence-electron chi connectivity index (χ0n) is 16.7. The van der Waals surface area contributed by atoms with Crippen LogP contribution in [0.4, 0.5) is 11.8 Å². The number of hydrogen-bond acceptors (Lipinski definition) is 8. The van der Waals surface area contributed by atoms with E-state index in [1.165, 1.54) is 0 Å². The Balaban J connectivity index is 2.11.